The largest absolute Gasteiger partial charge is 0.478 e. The van der Waals surface area contributed by atoms with Crippen LogP contribution in [-0.2, 0) is 4.79 Å². The Labute approximate surface area is 89.8 Å². The van der Waals surface area contributed by atoms with Gasteiger partial charge in [0.2, 0.25) is 0 Å². The van der Waals surface area contributed by atoms with Gasteiger partial charge in [0.25, 0.3) is 0 Å². The van der Waals surface area contributed by atoms with Crippen LogP contribution >= 0.6 is 11.8 Å². The fourth-order valence-electron chi connectivity index (χ4n) is 0.880. The predicted octanol–water partition coefficient (Wildman–Crippen LogP) is 1.74. The van der Waals surface area contributed by atoms with E-state index in [0.717, 1.165) is 11.5 Å². The minimum Gasteiger partial charge on any atom is -0.478 e. The van der Waals surface area contributed by atoms with Crippen LogP contribution in [0.2, 0.25) is 0 Å². The first-order chi connectivity index (χ1) is 6.61. The number of nitrogens with two attached hydrogens (primary N) is 1. The zero-order chi connectivity index (χ0) is 11.0. The van der Waals surface area contributed by atoms with Crippen molar-refractivity contribution in [2.75, 3.05) is 18.1 Å². The van der Waals surface area contributed by atoms with Crippen LogP contribution < -0.4 is 5.73 Å². The summed E-state index contributed by atoms with van der Waals surface area (Å²) in [6.07, 6.45) is 2.37. The Balaban J connectivity index is 3.74. The average molecular weight is 217 g/mol. The number of carbonyl (C=O) groups is 1. The van der Waals surface area contributed by atoms with Gasteiger partial charge in [-0.3, -0.25) is 0 Å². The van der Waals surface area contributed by atoms with Crippen molar-refractivity contribution in [3.05, 3.63) is 11.6 Å². The molecule has 0 aromatic heterocycles. The normalized spacial score (nSPS) is 14.1. The summed E-state index contributed by atoms with van der Waals surface area (Å²) < 4.78 is 0. The van der Waals surface area contributed by atoms with Gasteiger partial charge >= 0.3 is 5.97 Å². The Hall–Kier alpha value is -0.480. The summed E-state index contributed by atoms with van der Waals surface area (Å²) in [5, 5.41) is 8.73. The van der Waals surface area contributed by atoms with E-state index in [1.165, 1.54) is 0 Å². The first-order valence-electron chi connectivity index (χ1n) is 4.81. The molecule has 0 aromatic carbocycles. The van der Waals surface area contributed by atoms with E-state index in [9.17, 15) is 4.79 Å². The smallest absolute Gasteiger partial charge is 0.331 e. The van der Waals surface area contributed by atoms with Gasteiger partial charge in [0, 0.05) is 11.3 Å². The lowest BCUT2D eigenvalue weighted by atomic mass is 10.2. The van der Waals surface area contributed by atoms with Crippen molar-refractivity contribution in [1.82, 2.24) is 0 Å². The van der Waals surface area contributed by atoms with E-state index in [4.69, 9.17) is 10.8 Å². The van der Waals surface area contributed by atoms with E-state index in [1.54, 1.807) is 17.8 Å². The molecule has 3 N–H and O–H groups in total. The molecule has 14 heavy (non-hydrogen) atoms. The Morgan fingerprint density at radius 3 is 2.71 bits per heavy atom. The van der Waals surface area contributed by atoms with Gasteiger partial charge in [-0.25, -0.2) is 4.79 Å². The number of aliphatic carboxylic acids is 1. The van der Waals surface area contributed by atoms with Crippen LogP contribution in [0.15, 0.2) is 11.6 Å². The number of hydrogen-bond donors (Lipinski definition) is 2. The summed E-state index contributed by atoms with van der Waals surface area (Å²) in [4.78, 5) is 10.6. The van der Waals surface area contributed by atoms with Crippen molar-refractivity contribution in [1.29, 1.82) is 0 Å². The molecule has 0 spiro atoms. The summed E-state index contributed by atoms with van der Waals surface area (Å²) in [5.74, 6) is 1.45. The topological polar surface area (TPSA) is 63.3 Å². The van der Waals surface area contributed by atoms with Gasteiger partial charge in [-0.05, 0) is 24.6 Å². The zero-order valence-electron chi connectivity index (χ0n) is 8.82. The highest BCUT2D eigenvalue weighted by atomic mass is 32.2. The lowest BCUT2D eigenvalue weighted by Crippen LogP contribution is -2.12. The number of thioether (sulfide) groups is 1. The molecule has 0 aliphatic carbocycles. The number of rotatable bonds is 7. The van der Waals surface area contributed by atoms with E-state index in [0.29, 0.717) is 24.5 Å². The maximum absolute atomic E-state index is 10.6. The maximum atomic E-state index is 10.6. The van der Waals surface area contributed by atoms with Gasteiger partial charge < -0.3 is 10.8 Å². The van der Waals surface area contributed by atoms with Gasteiger partial charge in [-0.15, -0.1) is 0 Å². The second kappa shape index (κ2) is 7.88. The minimum atomic E-state index is -0.806. The predicted molar refractivity (Wildman–Crippen MR) is 61.6 cm³/mol. The van der Waals surface area contributed by atoms with Crippen LogP contribution in [-0.4, -0.2) is 29.1 Å². The van der Waals surface area contributed by atoms with Gasteiger partial charge in [-0.1, -0.05) is 19.9 Å². The lowest BCUT2D eigenvalue weighted by Gasteiger charge is -2.05. The summed E-state index contributed by atoms with van der Waals surface area (Å²) >= 11 is 1.73. The monoisotopic (exact) mass is 217 g/mol. The molecule has 0 rings (SSSR count). The van der Waals surface area contributed by atoms with Crippen molar-refractivity contribution in [2.45, 2.75) is 20.3 Å². The SMILES string of the molecule is CCC(=CCSCC(C)CN)C(=O)O. The molecule has 0 aliphatic heterocycles. The molecule has 0 radical (unpaired) electrons. The highest BCUT2D eigenvalue weighted by molar-refractivity contribution is 7.99. The number of carboxylic acids is 1. The van der Waals surface area contributed by atoms with Gasteiger partial charge in [0.05, 0.1) is 0 Å². The molecule has 0 aliphatic rings. The standard InChI is InChI=1S/C10H19NO2S/c1-3-9(10(12)13)4-5-14-7-8(2)6-11/h4,8H,3,5-7,11H2,1-2H3,(H,12,13). The second-order valence-electron chi connectivity index (χ2n) is 3.27. The van der Waals surface area contributed by atoms with Crippen molar-refractivity contribution in [2.24, 2.45) is 11.7 Å². The summed E-state index contributed by atoms with van der Waals surface area (Å²) in [7, 11) is 0. The first kappa shape index (κ1) is 13.5. The number of hydrogen-bond acceptors (Lipinski definition) is 3. The van der Waals surface area contributed by atoms with Gasteiger partial charge in [0.15, 0.2) is 0 Å². The molecule has 4 heteroatoms. The third-order valence-corrected chi connectivity index (χ3v) is 3.12. The third kappa shape index (κ3) is 6.05. The molecular formula is C10H19NO2S. The average Bonchev–Trinajstić information content (AvgIpc) is 2.16. The maximum Gasteiger partial charge on any atom is 0.331 e. The van der Waals surface area contributed by atoms with Crippen molar-refractivity contribution in [3.63, 3.8) is 0 Å². The molecule has 0 saturated heterocycles. The molecule has 0 saturated carbocycles. The van der Waals surface area contributed by atoms with E-state index >= 15 is 0 Å². The minimum absolute atomic E-state index is 0.498. The Morgan fingerprint density at radius 1 is 1.64 bits per heavy atom. The summed E-state index contributed by atoms with van der Waals surface area (Å²) in [6.45, 7) is 4.64. The molecule has 1 unspecified atom stereocenters. The van der Waals surface area contributed by atoms with Crippen molar-refractivity contribution in [3.8, 4) is 0 Å². The lowest BCUT2D eigenvalue weighted by molar-refractivity contribution is -0.132. The molecular weight excluding hydrogens is 198 g/mol. The zero-order valence-corrected chi connectivity index (χ0v) is 9.64. The summed E-state index contributed by atoms with van der Waals surface area (Å²) in [5.41, 5.74) is 5.96. The highest BCUT2D eigenvalue weighted by Gasteiger charge is 2.03. The van der Waals surface area contributed by atoms with E-state index < -0.39 is 5.97 Å². The van der Waals surface area contributed by atoms with Crippen molar-refractivity contribution >= 4 is 17.7 Å². The molecule has 82 valence electrons. The van der Waals surface area contributed by atoms with Gasteiger partial charge in [-0.2, -0.15) is 11.8 Å². The molecule has 3 nitrogen and oxygen atoms in total. The quantitative estimate of drug-likeness (QED) is 0.503. The molecule has 0 amide bonds. The van der Waals surface area contributed by atoms with Crippen LogP contribution in [0.5, 0.6) is 0 Å². The van der Waals surface area contributed by atoms with E-state index in [-0.39, 0.29) is 0 Å². The molecule has 0 heterocycles. The Kier molecular flexibility index (Phi) is 7.61. The molecule has 0 aromatic rings. The second-order valence-corrected chi connectivity index (χ2v) is 4.34. The van der Waals surface area contributed by atoms with E-state index in [2.05, 4.69) is 6.92 Å². The molecule has 0 fully saturated rings. The van der Waals surface area contributed by atoms with Crippen molar-refractivity contribution < 1.29 is 9.90 Å². The van der Waals surface area contributed by atoms with Crippen LogP contribution in [0.3, 0.4) is 0 Å². The number of carboxylic acid groups (broad SMARTS) is 1. The van der Waals surface area contributed by atoms with Crippen LogP contribution in [0.25, 0.3) is 0 Å². The third-order valence-electron chi connectivity index (χ3n) is 1.91. The van der Waals surface area contributed by atoms with Crippen LogP contribution in [0.1, 0.15) is 20.3 Å². The Bertz CT molecular complexity index is 204. The molecule has 1 atom stereocenters. The van der Waals surface area contributed by atoms with Crippen LogP contribution in [0.4, 0.5) is 0 Å². The highest BCUT2D eigenvalue weighted by Crippen LogP contribution is 2.09. The van der Waals surface area contributed by atoms with Crippen LogP contribution in [0, 0.1) is 5.92 Å². The van der Waals surface area contributed by atoms with Gasteiger partial charge in [0.1, 0.15) is 0 Å². The fraction of sp³-hybridized carbons (Fsp3) is 0.700. The fourth-order valence-corrected chi connectivity index (χ4v) is 1.87. The first-order valence-corrected chi connectivity index (χ1v) is 5.97. The van der Waals surface area contributed by atoms with E-state index in [1.807, 2.05) is 6.92 Å². The summed E-state index contributed by atoms with van der Waals surface area (Å²) in [6, 6.07) is 0. The Morgan fingerprint density at radius 2 is 2.29 bits per heavy atom. The molecule has 0 bridgehead atoms.